The molecule has 0 saturated heterocycles. The molecule has 0 aliphatic carbocycles. The normalized spacial score (nSPS) is 10.8. The largest absolute Gasteiger partial charge is 0.433 e. The number of nitro groups is 1. The molecule has 0 bridgehead atoms. The average molecular weight is 409 g/mol. The summed E-state index contributed by atoms with van der Waals surface area (Å²) in [7, 11) is 0. The molecular weight excluding hydrogens is 394 g/mol. The third-order valence-corrected chi connectivity index (χ3v) is 4.83. The maximum Gasteiger partial charge on any atom is 0.373 e. The standard InChI is InChI=1S/C23H15N5O3/c29-28(30)21-22(27-19-11-4-10-18-17(19)9-5-13-24-18)25-14-26-23(21)31-20-12-3-7-15-6-1-2-8-16(15)20/h1-14H,(H,25,26,27). The number of benzene rings is 3. The zero-order valence-corrected chi connectivity index (χ0v) is 16.1. The van der Waals surface area contributed by atoms with Crippen LogP contribution in [0.1, 0.15) is 0 Å². The van der Waals surface area contributed by atoms with Gasteiger partial charge in [0.15, 0.2) is 0 Å². The second-order valence-corrected chi connectivity index (χ2v) is 6.71. The topological polar surface area (TPSA) is 103 Å². The van der Waals surface area contributed by atoms with Crippen LogP contribution in [0.3, 0.4) is 0 Å². The van der Waals surface area contributed by atoms with E-state index in [1.54, 1.807) is 24.4 Å². The van der Waals surface area contributed by atoms with Crippen LogP contribution >= 0.6 is 0 Å². The Bertz CT molecular complexity index is 1330. The molecule has 0 fully saturated rings. The van der Waals surface area contributed by atoms with E-state index in [1.165, 1.54) is 6.33 Å². The molecule has 0 atom stereocenters. The second kappa shape index (κ2) is 7.68. The molecule has 150 valence electrons. The van der Waals surface area contributed by atoms with Gasteiger partial charge in [-0.2, -0.15) is 4.98 Å². The number of ether oxygens (including phenoxy) is 1. The van der Waals surface area contributed by atoms with E-state index in [4.69, 9.17) is 4.74 Å². The molecule has 0 amide bonds. The van der Waals surface area contributed by atoms with Crippen LogP contribution < -0.4 is 10.1 Å². The van der Waals surface area contributed by atoms with Crippen molar-refractivity contribution in [1.29, 1.82) is 0 Å². The van der Waals surface area contributed by atoms with E-state index in [2.05, 4.69) is 20.3 Å². The van der Waals surface area contributed by atoms with Gasteiger partial charge < -0.3 is 10.1 Å². The van der Waals surface area contributed by atoms with Gasteiger partial charge in [0.05, 0.1) is 10.4 Å². The Morgan fingerprint density at radius 3 is 2.55 bits per heavy atom. The molecule has 0 saturated carbocycles. The maximum absolute atomic E-state index is 11.9. The number of pyridine rings is 1. The predicted octanol–water partition coefficient (Wildman–Crippen LogP) is 5.62. The van der Waals surface area contributed by atoms with Crippen molar-refractivity contribution in [3.8, 4) is 11.6 Å². The van der Waals surface area contributed by atoms with Crippen molar-refractivity contribution in [3.05, 3.63) is 95.4 Å². The summed E-state index contributed by atoms with van der Waals surface area (Å²) in [6, 6.07) is 22.3. The van der Waals surface area contributed by atoms with Gasteiger partial charge in [-0.15, -0.1) is 0 Å². The smallest absolute Gasteiger partial charge is 0.373 e. The fourth-order valence-electron chi connectivity index (χ4n) is 3.42. The molecular formula is C23H15N5O3. The molecule has 0 aliphatic rings. The molecule has 5 aromatic rings. The number of nitrogens with one attached hydrogen (secondary N) is 1. The Labute approximate surface area is 176 Å². The molecule has 0 radical (unpaired) electrons. The lowest BCUT2D eigenvalue weighted by molar-refractivity contribution is -0.385. The minimum Gasteiger partial charge on any atom is -0.433 e. The monoisotopic (exact) mass is 409 g/mol. The highest BCUT2D eigenvalue weighted by Crippen LogP contribution is 2.38. The number of hydrogen-bond acceptors (Lipinski definition) is 7. The molecule has 2 aromatic heterocycles. The molecule has 3 aromatic carbocycles. The first-order chi connectivity index (χ1) is 15.2. The second-order valence-electron chi connectivity index (χ2n) is 6.71. The highest BCUT2D eigenvalue weighted by atomic mass is 16.6. The lowest BCUT2D eigenvalue weighted by Crippen LogP contribution is -2.04. The molecule has 0 unspecified atom stereocenters. The summed E-state index contributed by atoms with van der Waals surface area (Å²) >= 11 is 0. The zero-order valence-electron chi connectivity index (χ0n) is 16.1. The highest BCUT2D eigenvalue weighted by Gasteiger charge is 2.26. The van der Waals surface area contributed by atoms with Gasteiger partial charge in [0.2, 0.25) is 5.82 Å². The van der Waals surface area contributed by atoms with E-state index in [9.17, 15) is 10.1 Å². The molecule has 0 spiro atoms. The third-order valence-electron chi connectivity index (χ3n) is 4.83. The summed E-state index contributed by atoms with van der Waals surface area (Å²) < 4.78 is 5.90. The van der Waals surface area contributed by atoms with Crippen molar-refractivity contribution in [2.24, 2.45) is 0 Å². The first kappa shape index (κ1) is 18.4. The van der Waals surface area contributed by atoms with Gasteiger partial charge in [-0.05, 0) is 35.7 Å². The lowest BCUT2D eigenvalue weighted by Gasteiger charge is -2.12. The minimum absolute atomic E-state index is 0.0339. The van der Waals surface area contributed by atoms with E-state index >= 15 is 0 Å². The van der Waals surface area contributed by atoms with Crippen LogP contribution in [0, 0.1) is 10.1 Å². The van der Waals surface area contributed by atoms with Crippen LogP contribution in [0.5, 0.6) is 11.6 Å². The quantitative estimate of drug-likeness (QED) is 0.297. The van der Waals surface area contributed by atoms with Crippen LogP contribution in [0.4, 0.5) is 17.2 Å². The fourth-order valence-corrected chi connectivity index (χ4v) is 3.42. The van der Waals surface area contributed by atoms with Gasteiger partial charge in [-0.3, -0.25) is 15.1 Å². The van der Waals surface area contributed by atoms with Crippen LogP contribution in [0.15, 0.2) is 85.3 Å². The Kier molecular flexibility index (Phi) is 4.57. The van der Waals surface area contributed by atoms with Gasteiger partial charge in [0, 0.05) is 22.7 Å². The van der Waals surface area contributed by atoms with Crippen LogP contribution in [0.2, 0.25) is 0 Å². The highest BCUT2D eigenvalue weighted by molar-refractivity contribution is 5.93. The average Bonchev–Trinajstić information content (AvgIpc) is 2.79. The van der Waals surface area contributed by atoms with Crippen LogP contribution in [0.25, 0.3) is 21.7 Å². The number of fused-ring (bicyclic) bond motifs is 2. The van der Waals surface area contributed by atoms with Gasteiger partial charge in [0.1, 0.15) is 12.1 Å². The Balaban J connectivity index is 1.59. The van der Waals surface area contributed by atoms with Gasteiger partial charge >= 0.3 is 11.6 Å². The van der Waals surface area contributed by atoms with Crippen LogP contribution in [-0.2, 0) is 0 Å². The van der Waals surface area contributed by atoms with E-state index in [0.29, 0.717) is 11.4 Å². The molecule has 2 heterocycles. The Morgan fingerprint density at radius 1 is 0.839 bits per heavy atom. The van der Waals surface area contributed by atoms with Gasteiger partial charge in [0.25, 0.3) is 0 Å². The van der Waals surface area contributed by atoms with Crippen LogP contribution in [-0.4, -0.2) is 19.9 Å². The summed E-state index contributed by atoms with van der Waals surface area (Å²) in [6.45, 7) is 0. The number of rotatable bonds is 5. The summed E-state index contributed by atoms with van der Waals surface area (Å²) in [4.78, 5) is 23.8. The number of hydrogen-bond donors (Lipinski definition) is 1. The summed E-state index contributed by atoms with van der Waals surface area (Å²) in [5, 5.41) is 17.6. The first-order valence-electron chi connectivity index (χ1n) is 9.46. The Hall–Kier alpha value is -4.59. The third kappa shape index (κ3) is 3.46. The maximum atomic E-state index is 11.9. The van der Waals surface area contributed by atoms with Gasteiger partial charge in [-0.1, -0.05) is 42.5 Å². The van der Waals surface area contributed by atoms with E-state index in [-0.39, 0.29) is 17.4 Å². The fraction of sp³-hybridized carbons (Fsp3) is 0. The number of aromatic nitrogens is 3. The van der Waals surface area contributed by atoms with Crippen molar-refractivity contribution in [1.82, 2.24) is 15.0 Å². The van der Waals surface area contributed by atoms with E-state index < -0.39 is 4.92 Å². The van der Waals surface area contributed by atoms with E-state index in [1.807, 2.05) is 54.6 Å². The molecule has 31 heavy (non-hydrogen) atoms. The van der Waals surface area contributed by atoms with Crippen molar-refractivity contribution in [2.45, 2.75) is 0 Å². The van der Waals surface area contributed by atoms with Crippen molar-refractivity contribution in [2.75, 3.05) is 5.32 Å². The molecule has 5 rings (SSSR count). The zero-order chi connectivity index (χ0) is 21.2. The Morgan fingerprint density at radius 2 is 1.65 bits per heavy atom. The number of anilines is 2. The van der Waals surface area contributed by atoms with E-state index in [0.717, 1.165) is 21.7 Å². The number of nitrogens with zero attached hydrogens (tertiary/aromatic N) is 4. The van der Waals surface area contributed by atoms with Crippen molar-refractivity contribution in [3.63, 3.8) is 0 Å². The SMILES string of the molecule is O=[N+]([O-])c1c(Nc2cccc3ncccc23)ncnc1Oc1cccc2ccccc12. The summed E-state index contributed by atoms with van der Waals surface area (Å²) in [5.41, 5.74) is 1.05. The first-order valence-corrected chi connectivity index (χ1v) is 9.46. The molecule has 1 N–H and O–H groups in total. The summed E-state index contributed by atoms with van der Waals surface area (Å²) in [5.74, 6) is 0.365. The molecule has 8 heteroatoms. The molecule has 0 aliphatic heterocycles. The van der Waals surface area contributed by atoms with Crippen molar-refractivity contribution >= 4 is 38.9 Å². The molecule has 8 nitrogen and oxygen atoms in total. The predicted molar refractivity (Wildman–Crippen MR) is 118 cm³/mol. The van der Waals surface area contributed by atoms with Crippen molar-refractivity contribution < 1.29 is 9.66 Å². The minimum atomic E-state index is -0.549. The lowest BCUT2D eigenvalue weighted by atomic mass is 10.1. The summed E-state index contributed by atoms with van der Waals surface area (Å²) in [6.07, 6.45) is 2.93. The van der Waals surface area contributed by atoms with Gasteiger partial charge in [-0.25, -0.2) is 4.98 Å².